The van der Waals surface area contributed by atoms with Crippen molar-refractivity contribution in [1.29, 1.82) is 0 Å². The van der Waals surface area contributed by atoms with Gasteiger partial charge in [0, 0.05) is 31.3 Å². The average molecular weight is 407 g/mol. The molecule has 0 aromatic carbocycles. The van der Waals surface area contributed by atoms with Gasteiger partial charge in [-0.25, -0.2) is 15.0 Å². The van der Waals surface area contributed by atoms with E-state index in [1.165, 1.54) is 23.8 Å². The van der Waals surface area contributed by atoms with Gasteiger partial charge in [0.15, 0.2) is 5.69 Å². The van der Waals surface area contributed by atoms with Gasteiger partial charge >= 0.3 is 6.18 Å². The number of piperidine rings is 1. The third-order valence-corrected chi connectivity index (χ3v) is 5.92. The smallest absolute Gasteiger partial charge is 0.299 e. The predicted octanol–water partition coefficient (Wildman–Crippen LogP) is 3.23. The van der Waals surface area contributed by atoms with Crippen molar-refractivity contribution in [1.82, 2.24) is 24.4 Å². The van der Waals surface area contributed by atoms with Crippen molar-refractivity contribution in [2.45, 2.75) is 57.3 Å². The second kappa shape index (κ2) is 8.22. The van der Waals surface area contributed by atoms with Crippen LogP contribution in [0.1, 0.15) is 55.2 Å². The second-order valence-corrected chi connectivity index (χ2v) is 8.02. The largest absolute Gasteiger partial charge is 0.433 e. The zero-order valence-electron chi connectivity index (χ0n) is 16.1. The van der Waals surface area contributed by atoms with Crippen LogP contribution >= 0.6 is 0 Å². The van der Waals surface area contributed by atoms with E-state index in [1.807, 2.05) is 12.3 Å². The minimum absolute atomic E-state index is 0.249. The Hall–Kier alpha value is -2.29. The standard InChI is InChI=1S/C20H24F3N5O/c21-20(22,23)17-10-18(29)28(13-25-17)11-14-5-8-27(9-6-14)12-16-4-7-24-19(26-16)15-2-1-3-15/h4,7,10,13-15H,1-3,5-6,8-9,11-12H2. The van der Waals surface area contributed by atoms with Gasteiger partial charge in [-0.2, -0.15) is 13.2 Å². The third-order valence-electron chi connectivity index (χ3n) is 5.92. The van der Waals surface area contributed by atoms with E-state index < -0.39 is 17.4 Å². The Morgan fingerprint density at radius 3 is 2.48 bits per heavy atom. The van der Waals surface area contributed by atoms with E-state index in [-0.39, 0.29) is 5.92 Å². The molecule has 0 amide bonds. The molecule has 6 nitrogen and oxygen atoms in total. The topological polar surface area (TPSA) is 63.9 Å². The summed E-state index contributed by atoms with van der Waals surface area (Å²) in [4.78, 5) is 26.8. The normalized spacial score (nSPS) is 19.3. The first-order chi connectivity index (χ1) is 13.9. The van der Waals surface area contributed by atoms with Gasteiger partial charge in [0.1, 0.15) is 5.82 Å². The molecule has 0 atom stereocenters. The lowest BCUT2D eigenvalue weighted by Crippen LogP contribution is -2.36. The molecule has 2 fully saturated rings. The molecule has 1 saturated heterocycles. The Morgan fingerprint density at radius 1 is 1.10 bits per heavy atom. The SMILES string of the molecule is O=c1cc(C(F)(F)F)ncn1CC1CCN(Cc2ccnc(C3CCC3)n2)CC1. The highest BCUT2D eigenvalue weighted by Crippen LogP contribution is 2.34. The van der Waals surface area contributed by atoms with Gasteiger partial charge < -0.3 is 0 Å². The van der Waals surface area contributed by atoms with Crippen LogP contribution in [0, 0.1) is 5.92 Å². The molecule has 0 spiro atoms. The van der Waals surface area contributed by atoms with Gasteiger partial charge in [0.2, 0.25) is 0 Å². The molecule has 2 aromatic heterocycles. The molecular weight excluding hydrogens is 383 g/mol. The van der Waals surface area contributed by atoms with Crippen LogP contribution in [0.5, 0.6) is 0 Å². The van der Waals surface area contributed by atoms with Crippen molar-refractivity contribution < 1.29 is 13.2 Å². The Bertz CT molecular complexity index is 901. The molecular formula is C20H24F3N5O. The maximum atomic E-state index is 12.6. The molecule has 0 bridgehead atoms. The maximum absolute atomic E-state index is 12.6. The first kappa shape index (κ1) is 20.0. The molecule has 1 aliphatic heterocycles. The zero-order valence-corrected chi connectivity index (χ0v) is 16.1. The molecule has 4 rings (SSSR count). The number of alkyl halides is 3. The number of likely N-dealkylation sites (tertiary alicyclic amines) is 1. The highest BCUT2D eigenvalue weighted by Gasteiger charge is 2.33. The lowest BCUT2D eigenvalue weighted by molar-refractivity contribution is -0.141. The van der Waals surface area contributed by atoms with Gasteiger partial charge in [0.25, 0.3) is 5.56 Å². The Labute approximate surface area is 166 Å². The minimum atomic E-state index is -4.59. The molecule has 0 radical (unpaired) electrons. The Morgan fingerprint density at radius 2 is 1.86 bits per heavy atom. The molecule has 29 heavy (non-hydrogen) atoms. The van der Waals surface area contributed by atoms with Gasteiger partial charge in [0.05, 0.1) is 12.0 Å². The van der Waals surface area contributed by atoms with Crippen LogP contribution < -0.4 is 5.56 Å². The van der Waals surface area contributed by atoms with Crippen LogP contribution in [-0.4, -0.2) is 37.5 Å². The molecule has 2 aromatic rings. The third kappa shape index (κ3) is 4.83. The van der Waals surface area contributed by atoms with E-state index in [4.69, 9.17) is 4.98 Å². The van der Waals surface area contributed by atoms with Gasteiger partial charge in [-0.05, 0) is 50.8 Å². The van der Waals surface area contributed by atoms with Crippen LogP contribution in [0.25, 0.3) is 0 Å². The van der Waals surface area contributed by atoms with Crippen molar-refractivity contribution in [3.05, 3.63) is 52.2 Å². The lowest BCUT2D eigenvalue weighted by atomic mass is 9.85. The van der Waals surface area contributed by atoms with Crippen LogP contribution in [0.3, 0.4) is 0 Å². The summed E-state index contributed by atoms with van der Waals surface area (Å²) in [6.45, 7) is 2.92. The summed E-state index contributed by atoms with van der Waals surface area (Å²) < 4.78 is 39.2. The summed E-state index contributed by atoms with van der Waals surface area (Å²) in [5.41, 5.74) is -0.762. The molecule has 0 N–H and O–H groups in total. The number of nitrogens with zero attached hydrogens (tertiary/aromatic N) is 5. The molecule has 156 valence electrons. The van der Waals surface area contributed by atoms with Crippen LogP contribution in [-0.2, 0) is 19.3 Å². The summed E-state index contributed by atoms with van der Waals surface area (Å²) in [6.07, 6.45) is 3.63. The number of hydrogen-bond donors (Lipinski definition) is 0. The maximum Gasteiger partial charge on any atom is 0.433 e. The number of aromatic nitrogens is 4. The summed E-state index contributed by atoms with van der Waals surface area (Å²) in [5.74, 6) is 1.72. The number of hydrogen-bond acceptors (Lipinski definition) is 5. The van der Waals surface area contributed by atoms with Gasteiger partial charge in [-0.15, -0.1) is 0 Å². The minimum Gasteiger partial charge on any atom is -0.299 e. The first-order valence-electron chi connectivity index (χ1n) is 10.1. The molecule has 0 unspecified atom stereocenters. The highest BCUT2D eigenvalue weighted by atomic mass is 19.4. The molecule has 1 aliphatic carbocycles. The van der Waals surface area contributed by atoms with E-state index in [1.54, 1.807) is 0 Å². The van der Waals surface area contributed by atoms with Crippen molar-refractivity contribution in [3.8, 4) is 0 Å². The van der Waals surface area contributed by atoms with Crippen LogP contribution in [0.4, 0.5) is 13.2 Å². The van der Waals surface area contributed by atoms with Gasteiger partial charge in [-0.3, -0.25) is 14.3 Å². The van der Waals surface area contributed by atoms with Crippen LogP contribution in [0.15, 0.2) is 29.5 Å². The lowest BCUT2D eigenvalue weighted by Gasteiger charge is -2.32. The highest BCUT2D eigenvalue weighted by molar-refractivity contribution is 5.08. The van der Waals surface area contributed by atoms with Crippen molar-refractivity contribution in [2.75, 3.05) is 13.1 Å². The Kier molecular flexibility index (Phi) is 5.67. The summed E-state index contributed by atoms with van der Waals surface area (Å²) in [5, 5.41) is 0. The molecule has 9 heteroatoms. The zero-order chi connectivity index (χ0) is 20.4. The number of halogens is 3. The van der Waals surface area contributed by atoms with Crippen molar-refractivity contribution in [3.63, 3.8) is 0 Å². The number of rotatable bonds is 5. The van der Waals surface area contributed by atoms with Gasteiger partial charge in [-0.1, -0.05) is 6.42 Å². The van der Waals surface area contributed by atoms with E-state index >= 15 is 0 Å². The van der Waals surface area contributed by atoms with E-state index in [0.717, 1.165) is 50.3 Å². The van der Waals surface area contributed by atoms with Crippen molar-refractivity contribution in [2.24, 2.45) is 5.92 Å². The van der Waals surface area contributed by atoms with Crippen molar-refractivity contribution >= 4 is 0 Å². The molecule has 1 saturated carbocycles. The predicted molar refractivity (Wildman–Crippen MR) is 100 cm³/mol. The molecule has 2 aliphatic rings. The summed E-state index contributed by atoms with van der Waals surface area (Å²) in [7, 11) is 0. The van der Waals surface area contributed by atoms with Crippen LogP contribution in [0.2, 0.25) is 0 Å². The molecule has 3 heterocycles. The Balaban J connectivity index is 1.30. The van der Waals surface area contributed by atoms with E-state index in [2.05, 4.69) is 14.9 Å². The fraction of sp³-hybridized carbons (Fsp3) is 0.600. The monoisotopic (exact) mass is 407 g/mol. The summed E-state index contributed by atoms with van der Waals surface area (Å²) >= 11 is 0. The summed E-state index contributed by atoms with van der Waals surface area (Å²) in [6, 6.07) is 2.53. The fourth-order valence-electron chi connectivity index (χ4n) is 3.92. The van der Waals surface area contributed by atoms with E-state index in [9.17, 15) is 18.0 Å². The first-order valence-corrected chi connectivity index (χ1v) is 10.1. The second-order valence-electron chi connectivity index (χ2n) is 8.02. The quantitative estimate of drug-likeness (QED) is 0.762. The van der Waals surface area contributed by atoms with E-state index in [0.29, 0.717) is 18.5 Å². The fourth-order valence-corrected chi connectivity index (χ4v) is 3.92. The average Bonchev–Trinajstić information content (AvgIpc) is 2.63.